The van der Waals surface area contributed by atoms with Crippen molar-refractivity contribution in [2.75, 3.05) is 13.0 Å². The number of esters is 1. The number of benzene rings is 1. The van der Waals surface area contributed by atoms with Gasteiger partial charge in [0.05, 0.1) is 30.2 Å². The number of rotatable bonds is 4. The van der Waals surface area contributed by atoms with Gasteiger partial charge in [0, 0.05) is 6.42 Å². The van der Waals surface area contributed by atoms with Crippen LogP contribution in [0.5, 0.6) is 0 Å². The molecule has 0 fully saturated rings. The van der Waals surface area contributed by atoms with Gasteiger partial charge >= 0.3 is 5.97 Å². The third-order valence-electron chi connectivity index (χ3n) is 2.22. The minimum Gasteiger partial charge on any atom is -0.465 e. The summed E-state index contributed by atoms with van der Waals surface area (Å²) in [6.45, 7) is 0. The van der Waals surface area contributed by atoms with Crippen LogP contribution in [0.3, 0.4) is 0 Å². The highest BCUT2D eigenvalue weighted by Gasteiger charge is 2.17. The van der Waals surface area contributed by atoms with Gasteiger partial charge in [-0.25, -0.2) is 4.79 Å². The summed E-state index contributed by atoms with van der Waals surface area (Å²) in [5, 5.41) is 8.94. The van der Waals surface area contributed by atoms with Gasteiger partial charge in [-0.15, -0.1) is 11.6 Å². The first-order valence-electron chi connectivity index (χ1n) is 4.82. The monoisotopic (exact) mass is 251 g/mol. The number of ketones is 1. The smallest absolute Gasteiger partial charge is 0.338 e. The molecule has 0 N–H and O–H groups in total. The van der Waals surface area contributed by atoms with Gasteiger partial charge in [0.15, 0.2) is 5.78 Å². The number of carbonyl (C=O) groups excluding carboxylic acids is 2. The van der Waals surface area contributed by atoms with E-state index in [2.05, 4.69) is 4.74 Å². The molecule has 0 unspecified atom stereocenters. The van der Waals surface area contributed by atoms with Crippen LogP contribution in [0, 0.1) is 11.3 Å². The number of carbonyl (C=O) groups is 2. The maximum absolute atomic E-state index is 11.5. The fourth-order valence-corrected chi connectivity index (χ4v) is 1.52. The number of alkyl halides is 1. The average Bonchev–Trinajstić information content (AvgIpc) is 2.37. The van der Waals surface area contributed by atoms with Gasteiger partial charge < -0.3 is 4.74 Å². The summed E-state index contributed by atoms with van der Waals surface area (Å²) in [6.07, 6.45) is -0.0440. The van der Waals surface area contributed by atoms with Gasteiger partial charge in [0.2, 0.25) is 0 Å². The van der Waals surface area contributed by atoms with E-state index in [9.17, 15) is 9.59 Å². The number of hydrogen-bond acceptors (Lipinski definition) is 4. The van der Waals surface area contributed by atoms with Crippen LogP contribution in [0.1, 0.15) is 21.5 Å². The third-order valence-corrected chi connectivity index (χ3v) is 2.52. The highest BCUT2D eigenvalue weighted by molar-refractivity contribution is 6.27. The van der Waals surface area contributed by atoms with Crippen molar-refractivity contribution >= 4 is 23.4 Å². The van der Waals surface area contributed by atoms with Gasteiger partial charge in [-0.1, -0.05) is 6.07 Å². The van der Waals surface area contributed by atoms with Crippen LogP contribution >= 0.6 is 11.6 Å². The van der Waals surface area contributed by atoms with Crippen molar-refractivity contribution in [3.05, 3.63) is 34.9 Å². The first-order chi connectivity index (χ1) is 8.13. The Hall–Kier alpha value is -1.86. The fourth-order valence-electron chi connectivity index (χ4n) is 1.43. The van der Waals surface area contributed by atoms with Crippen molar-refractivity contribution in [2.45, 2.75) is 6.42 Å². The molecule has 0 aliphatic heterocycles. The summed E-state index contributed by atoms with van der Waals surface area (Å²) >= 11 is 5.41. The number of nitrogens with zero attached hydrogens (tertiary/aromatic N) is 1. The van der Waals surface area contributed by atoms with Crippen molar-refractivity contribution < 1.29 is 14.3 Å². The number of methoxy groups -OCH3 is 1. The predicted octanol–water partition coefficient (Wildman–Crippen LogP) is 1.70. The standard InChI is InChI=1S/C12H10ClNO3/c1-17-12(16)10-4-2-3-8(7-14)11(10)5-9(15)6-13/h2-4H,5-6H2,1H3. The van der Waals surface area contributed by atoms with Crippen LogP contribution in [0.15, 0.2) is 18.2 Å². The number of halogens is 1. The molecule has 17 heavy (non-hydrogen) atoms. The van der Waals surface area contributed by atoms with E-state index in [0.717, 1.165) is 0 Å². The lowest BCUT2D eigenvalue weighted by Gasteiger charge is -2.08. The Balaban J connectivity index is 3.26. The highest BCUT2D eigenvalue weighted by atomic mass is 35.5. The van der Waals surface area contributed by atoms with E-state index in [1.807, 2.05) is 6.07 Å². The normalized spacial score (nSPS) is 9.47. The van der Waals surface area contributed by atoms with Gasteiger partial charge in [-0.3, -0.25) is 4.79 Å². The van der Waals surface area contributed by atoms with Crippen LogP contribution in [-0.2, 0) is 16.0 Å². The van der Waals surface area contributed by atoms with Crippen molar-refractivity contribution in [1.82, 2.24) is 0 Å². The first-order valence-corrected chi connectivity index (χ1v) is 5.35. The first kappa shape index (κ1) is 13.2. The molecule has 0 aliphatic carbocycles. The zero-order chi connectivity index (χ0) is 12.8. The van der Waals surface area contributed by atoms with Crippen molar-refractivity contribution in [1.29, 1.82) is 5.26 Å². The lowest BCUT2D eigenvalue weighted by Crippen LogP contribution is -2.12. The summed E-state index contributed by atoms with van der Waals surface area (Å²) in [5.41, 5.74) is 0.879. The Morgan fingerprint density at radius 3 is 2.71 bits per heavy atom. The molecular formula is C12H10ClNO3. The van der Waals surface area contributed by atoms with Crippen LogP contribution in [0.4, 0.5) is 0 Å². The van der Waals surface area contributed by atoms with Crippen LogP contribution in [0.2, 0.25) is 0 Å². The maximum Gasteiger partial charge on any atom is 0.338 e. The second-order valence-electron chi connectivity index (χ2n) is 3.28. The summed E-state index contributed by atoms with van der Waals surface area (Å²) in [6, 6.07) is 6.57. The third kappa shape index (κ3) is 3.05. The SMILES string of the molecule is COC(=O)c1cccc(C#N)c1CC(=O)CCl. The molecule has 0 heterocycles. The molecule has 0 saturated heterocycles. The van der Waals surface area contributed by atoms with E-state index in [1.54, 1.807) is 12.1 Å². The van der Waals surface area contributed by atoms with Crippen molar-refractivity contribution in [3.63, 3.8) is 0 Å². The van der Waals surface area contributed by atoms with Crippen LogP contribution in [-0.4, -0.2) is 24.7 Å². The van der Waals surface area contributed by atoms with E-state index in [-0.39, 0.29) is 29.2 Å². The summed E-state index contributed by atoms with van der Waals surface area (Å²) < 4.78 is 4.60. The summed E-state index contributed by atoms with van der Waals surface area (Å²) in [4.78, 5) is 22.8. The van der Waals surface area contributed by atoms with Crippen LogP contribution < -0.4 is 0 Å². The molecule has 0 bridgehead atoms. The number of hydrogen-bond donors (Lipinski definition) is 0. The molecule has 5 heteroatoms. The molecule has 0 spiro atoms. The van der Waals surface area contributed by atoms with Gasteiger partial charge in [0.25, 0.3) is 0 Å². The van der Waals surface area contributed by atoms with E-state index >= 15 is 0 Å². The van der Waals surface area contributed by atoms with E-state index < -0.39 is 5.97 Å². The molecule has 0 amide bonds. The zero-order valence-electron chi connectivity index (χ0n) is 9.20. The Labute approximate surface area is 104 Å². The molecule has 1 rings (SSSR count). The molecule has 1 aromatic rings. The molecular weight excluding hydrogens is 242 g/mol. The average molecular weight is 252 g/mol. The van der Waals surface area contributed by atoms with E-state index in [4.69, 9.17) is 16.9 Å². The Morgan fingerprint density at radius 1 is 1.47 bits per heavy atom. The molecule has 0 atom stereocenters. The lowest BCUT2D eigenvalue weighted by atomic mass is 9.97. The molecule has 4 nitrogen and oxygen atoms in total. The minimum atomic E-state index is -0.570. The fraction of sp³-hybridized carbons (Fsp3) is 0.250. The molecule has 0 aromatic heterocycles. The summed E-state index contributed by atoms with van der Waals surface area (Å²) in [7, 11) is 1.24. The number of Topliss-reactive ketones (excluding diaryl/α,β-unsaturated/α-hetero) is 1. The second-order valence-corrected chi connectivity index (χ2v) is 3.55. The van der Waals surface area contributed by atoms with E-state index in [0.29, 0.717) is 5.56 Å². The predicted molar refractivity (Wildman–Crippen MR) is 61.9 cm³/mol. The van der Waals surface area contributed by atoms with Crippen LogP contribution in [0.25, 0.3) is 0 Å². The molecule has 0 saturated carbocycles. The Kier molecular flexibility index (Phi) is 4.68. The number of nitriles is 1. The topological polar surface area (TPSA) is 67.2 Å². The van der Waals surface area contributed by atoms with Crippen molar-refractivity contribution in [3.8, 4) is 6.07 Å². The Morgan fingerprint density at radius 2 is 2.18 bits per heavy atom. The zero-order valence-corrected chi connectivity index (χ0v) is 9.95. The minimum absolute atomic E-state index is 0.0440. The van der Waals surface area contributed by atoms with Crippen molar-refractivity contribution in [2.24, 2.45) is 0 Å². The van der Waals surface area contributed by atoms with E-state index in [1.165, 1.54) is 13.2 Å². The quantitative estimate of drug-likeness (QED) is 0.603. The highest BCUT2D eigenvalue weighted by Crippen LogP contribution is 2.16. The molecule has 0 aliphatic rings. The largest absolute Gasteiger partial charge is 0.465 e. The van der Waals surface area contributed by atoms with Gasteiger partial charge in [0.1, 0.15) is 0 Å². The molecule has 1 aromatic carbocycles. The second kappa shape index (κ2) is 6.02. The maximum atomic E-state index is 11.5. The molecule has 0 radical (unpaired) electrons. The Bertz CT molecular complexity index is 491. The number of ether oxygens (including phenoxy) is 1. The molecule has 88 valence electrons. The summed E-state index contributed by atoms with van der Waals surface area (Å²) in [5.74, 6) is -0.973. The lowest BCUT2D eigenvalue weighted by molar-refractivity contribution is -0.116. The van der Waals surface area contributed by atoms with Gasteiger partial charge in [-0.2, -0.15) is 5.26 Å². The van der Waals surface area contributed by atoms with Gasteiger partial charge in [-0.05, 0) is 17.7 Å².